The van der Waals surface area contributed by atoms with Gasteiger partial charge in [-0.1, -0.05) is 18.2 Å². The number of fused-ring (bicyclic) bond motifs is 1. The molecule has 0 aliphatic carbocycles. The molecule has 2 aromatic heterocycles. The van der Waals surface area contributed by atoms with E-state index >= 15 is 0 Å². The summed E-state index contributed by atoms with van der Waals surface area (Å²) in [5.74, 6) is 1.21. The summed E-state index contributed by atoms with van der Waals surface area (Å²) in [5, 5.41) is 9.75. The summed E-state index contributed by atoms with van der Waals surface area (Å²) in [6.45, 7) is 3.07. The average molecular weight is 337 g/mol. The Morgan fingerprint density at radius 3 is 2.52 bits per heavy atom. The van der Waals surface area contributed by atoms with Gasteiger partial charge in [0.05, 0.1) is 25.2 Å². The monoisotopic (exact) mass is 337 g/mol. The van der Waals surface area contributed by atoms with Gasteiger partial charge in [-0.25, -0.2) is 0 Å². The van der Waals surface area contributed by atoms with Gasteiger partial charge in [-0.15, -0.1) is 10.2 Å². The lowest BCUT2D eigenvalue weighted by atomic mass is 10.1. The van der Waals surface area contributed by atoms with Crippen LogP contribution >= 0.6 is 0 Å². The Balaban J connectivity index is 1.70. The molecule has 1 fully saturated rings. The number of ether oxygens (including phenoxy) is 1. The standard InChI is InChI=1S/C18H19N5O2/c19-16(24)11-13-12-23(15-4-2-1-3-14(13)15)18-6-5-17(20-21-18)22-7-9-25-10-8-22/h1-6,12H,7-11H2,(H2,19,24). The minimum absolute atomic E-state index is 0.201. The number of amides is 1. The Labute approximate surface area is 145 Å². The lowest BCUT2D eigenvalue weighted by Crippen LogP contribution is -2.36. The quantitative estimate of drug-likeness (QED) is 0.775. The molecule has 2 N–H and O–H groups in total. The van der Waals surface area contributed by atoms with Crippen molar-refractivity contribution < 1.29 is 9.53 Å². The molecular weight excluding hydrogens is 318 g/mol. The molecule has 0 spiro atoms. The van der Waals surface area contributed by atoms with E-state index in [1.54, 1.807) is 0 Å². The number of nitrogens with two attached hydrogens (primary N) is 1. The number of nitrogens with zero attached hydrogens (tertiary/aromatic N) is 4. The number of anilines is 1. The van der Waals surface area contributed by atoms with Crippen molar-refractivity contribution in [2.24, 2.45) is 5.73 Å². The van der Waals surface area contributed by atoms with Gasteiger partial charge in [0.1, 0.15) is 0 Å². The molecule has 1 aromatic carbocycles. The fraction of sp³-hybridized carbons (Fsp3) is 0.278. The fourth-order valence-electron chi connectivity index (χ4n) is 3.18. The maximum Gasteiger partial charge on any atom is 0.221 e. The summed E-state index contributed by atoms with van der Waals surface area (Å²) in [6, 6.07) is 11.8. The van der Waals surface area contributed by atoms with Crippen molar-refractivity contribution in [3.63, 3.8) is 0 Å². The molecule has 7 nitrogen and oxygen atoms in total. The fourth-order valence-corrected chi connectivity index (χ4v) is 3.18. The lowest BCUT2D eigenvalue weighted by molar-refractivity contribution is -0.117. The van der Waals surface area contributed by atoms with E-state index in [0.717, 1.165) is 35.4 Å². The van der Waals surface area contributed by atoms with Crippen molar-refractivity contribution in [3.05, 3.63) is 48.2 Å². The predicted molar refractivity (Wildman–Crippen MR) is 94.8 cm³/mol. The van der Waals surface area contributed by atoms with Gasteiger partial charge in [0.25, 0.3) is 0 Å². The second-order valence-electron chi connectivity index (χ2n) is 6.03. The lowest BCUT2D eigenvalue weighted by Gasteiger charge is -2.27. The highest BCUT2D eigenvalue weighted by molar-refractivity contribution is 5.89. The molecule has 4 rings (SSSR count). The largest absolute Gasteiger partial charge is 0.378 e. The number of para-hydroxylation sites is 1. The molecule has 0 unspecified atom stereocenters. The van der Waals surface area contributed by atoms with Gasteiger partial charge in [-0.05, 0) is 23.8 Å². The van der Waals surface area contributed by atoms with Gasteiger partial charge in [-0.3, -0.25) is 9.36 Å². The SMILES string of the molecule is NC(=O)Cc1cn(-c2ccc(N3CCOCC3)nn2)c2ccccc12. The van der Waals surface area contributed by atoms with Crippen LogP contribution in [0.3, 0.4) is 0 Å². The summed E-state index contributed by atoms with van der Waals surface area (Å²) in [6.07, 6.45) is 2.11. The highest BCUT2D eigenvalue weighted by Crippen LogP contribution is 2.25. The van der Waals surface area contributed by atoms with E-state index in [9.17, 15) is 4.79 Å². The molecule has 1 amide bonds. The smallest absolute Gasteiger partial charge is 0.221 e. The van der Waals surface area contributed by atoms with Gasteiger partial charge < -0.3 is 15.4 Å². The number of carbonyl (C=O) groups excluding carboxylic acids is 1. The zero-order valence-corrected chi connectivity index (χ0v) is 13.8. The molecule has 7 heteroatoms. The molecule has 25 heavy (non-hydrogen) atoms. The molecular formula is C18H19N5O2. The maximum absolute atomic E-state index is 11.3. The minimum atomic E-state index is -0.350. The first-order chi connectivity index (χ1) is 12.2. The first kappa shape index (κ1) is 15.6. The number of hydrogen-bond acceptors (Lipinski definition) is 5. The van der Waals surface area contributed by atoms with Gasteiger partial charge in [0.15, 0.2) is 11.6 Å². The average Bonchev–Trinajstić information content (AvgIpc) is 3.01. The van der Waals surface area contributed by atoms with Crippen molar-refractivity contribution in [2.75, 3.05) is 31.2 Å². The number of morpholine rings is 1. The van der Waals surface area contributed by atoms with Gasteiger partial charge >= 0.3 is 0 Å². The number of primary amides is 1. The number of aromatic nitrogens is 3. The van der Waals surface area contributed by atoms with E-state index in [4.69, 9.17) is 10.5 Å². The summed E-state index contributed by atoms with van der Waals surface area (Å²) in [5.41, 5.74) is 7.24. The topological polar surface area (TPSA) is 86.3 Å². The Kier molecular flexibility index (Phi) is 4.07. The van der Waals surface area contributed by atoms with Crippen molar-refractivity contribution in [1.82, 2.24) is 14.8 Å². The van der Waals surface area contributed by atoms with Crippen LogP contribution in [0.1, 0.15) is 5.56 Å². The Morgan fingerprint density at radius 1 is 1.08 bits per heavy atom. The summed E-state index contributed by atoms with van der Waals surface area (Å²) in [7, 11) is 0. The van der Waals surface area contributed by atoms with E-state index in [1.807, 2.05) is 47.2 Å². The molecule has 0 saturated carbocycles. The van der Waals surface area contributed by atoms with E-state index in [1.165, 1.54) is 0 Å². The zero-order chi connectivity index (χ0) is 17.2. The molecule has 128 valence electrons. The molecule has 1 aliphatic rings. The van der Waals surface area contributed by atoms with E-state index < -0.39 is 0 Å². The number of rotatable bonds is 4. The normalized spacial score (nSPS) is 14.8. The van der Waals surface area contributed by atoms with Crippen LogP contribution < -0.4 is 10.6 Å². The molecule has 1 saturated heterocycles. The van der Waals surface area contributed by atoms with Gasteiger partial charge in [-0.2, -0.15) is 0 Å². The van der Waals surface area contributed by atoms with Crippen LogP contribution in [0.2, 0.25) is 0 Å². The summed E-state index contributed by atoms with van der Waals surface area (Å²) < 4.78 is 7.31. The van der Waals surface area contributed by atoms with Crippen LogP contribution in [0.4, 0.5) is 5.82 Å². The predicted octanol–water partition coefficient (Wildman–Crippen LogP) is 1.28. The van der Waals surface area contributed by atoms with Crippen LogP contribution in [0.25, 0.3) is 16.7 Å². The van der Waals surface area contributed by atoms with E-state index in [-0.39, 0.29) is 12.3 Å². The van der Waals surface area contributed by atoms with Crippen LogP contribution in [-0.2, 0) is 16.0 Å². The first-order valence-corrected chi connectivity index (χ1v) is 8.26. The molecule has 3 heterocycles. The molecule has 3 aromatic rings. The molecule has 0 atom stereocenters. The Bertz CT molecular complexity index is 897. The van der Waals surface area contributed by atoms with Crippen LogP contribution in [0.15, 0.2) is 42.6 Å². The maximum atomic E-state index is 11.3. The van der Waals surface area contributed by atoms with Crippen LogP contribution in [-0.4, -0.2) is 47.0 Å². The third kappa shape index (κ3) is 3.06. The number of benzene rings is 1. The van der Waals surface area contributed by atoms with E-state index in [2.05, 4.69) is 15.1 Å². The molecule has 0 radical (unpaired) electrons. The second kappa shape index (κ2) is 6.52. The zero-order valence-electron chi connectivity index (χ0n) is 13.8. The van der Waals surface area contributed by atoms with Crippen LogP contribution in [0, 0.1) is 0 Å². The third-order valence-electron chi connectivity index (χ3n) is 4.38. The van der Waals surface area contributed by atoms with Gasteiger partial charge in [0, 0.05) is 24.7 Å². The summed E-state index contributed by atoms with van der Waals surface area (Å²) in [4.78, 5) is 13.5. The Hall–Kier alpha value is -2.93. The van der Waals surface area contributed by atoms with E-state index in [0.29, 0.717) is 19.0 Å². The first-order valence-electron chi connectivity index (χ1n) is 8.26. The summed E-state index contributed by atoms with van der Waals surface area (Å²) >= 11 is 0. The van der Waals surface area contributed by atoms with Crippen molar-refractivity contribution in [3.8, 4) is 5.82 Å². The second-order valence-corrected chi connectivity index (χ2v) is 6.03. The molecule has 0 bridgehead atoms. The highest BCUT2D eigenvalue weighted by atomic mass is 16.5. The van der Waals surface area contributed by atoms with Gasteiger partial charge in [0.2, 0.25) is 5.91 Å². The number of hydrogen-bond donors (Lipinski definition) is 1. The molecule has 1 aliphatic heterocycles. The Morgan fingerprint density at radius 2 is 1.80 bits per heavy atom. The third-order valence-corrected chi connectivity index (χ3v) is 4.38. The highest BCUT2D eigenvalue weighted by Gasteiger charge is 2.15. The minimum Gasteiger partial charge on any atom is -0.378 e. The number of carbonyl (C=O) groups is 1. The van der Waals surface area contributed by atoms with Crippen molar-refractivity contribution in [1.29, 1.82) is 0 Å². The van der Waals surface area contributed by atoms with Crippen molar-refractivity contribution in [2.45, 2.75) is 6.42 Å². The van der Waals surface area contributed by atoms with Crippen LogP contribution in [0.5, 0.6) is 0 Å². The van der Waals surface area contributed by atoms with Crippen molar-refractivity contribution >= 4 is 22.6 Å².